The zero-order chi connectivity index (χ0) is 13.1. The lowest BCUT2D eigenvalue weighted by atomic mass is 10.3. The molecule has 0 amide bonds. The molecule has 1 rings (SSSR count). The summed E-state index contributed by atoms with van der Waals surface area (Å²) < 4.78 is 27.2. The molecule has 1 aromatic rings. The normalized spacial score (nSPS) is 13.6. The third kappa shape index (κ3) is 4.52. The SMILES string of the molecule is CCC(Br)CNS(=O)(=O)c1ccc(Br)cc1Cl. The number of hydrogen-bond donors (Lipinski definition) is 1. The van der Waals surface area contributed by atoms with Crippen molar-refractivity contribution in [1.29, 1.82) is 0 Å². The smallest absolute Gasteiger partial charge is 0.210 e. The molecule has 0 aliphatic heterocycles. The molecule has 0 aromatic heterocycles. The highest BCUT2D eigenvalue weighted by molar-refractivity contribution is 9.10. The van der Waals surface area contributed by atoms with E-state index in [1.165, 1.54) is 6.07 Å². The van der Waals surface area contributed by atoms with Crippen molar-refractivity contribution in [3.8, 4) is 0 Å². The molecule has 7 heteroatoms. The summed E-state index contributed by atoms with van der Waals surface area (Å²) in [5, 5.41) is 0.203. The van der Waals surface area contributed by atoms with Crippen molar-refractivity contribution < 1.29 is 8.42 Å². The van der Waals surface area contributed by atoms with Crippen LogP contribution in [0.15, 0.2) is 27.6 Å². The Hall–Kier alpha value is 0.380. The van der Waals surface area contributed by atoms with Crippen LogP contribution in [0.5, 0.6) is 0 Å². The number of benzene rings is 1. The Morgan fingerprint density at radius 3 is 2.65 bits per heavy atom. The number of hydrogen-bond acceptors (Lipinski definition) is 2. The maximum atomic E-state index is 12.0. The number of alkyl halides is 1. The molecule has 17 heavy (non-hydrogen) atoms. The number of nitrogens with one attached hydrogen (secondary N) is 1. The summed E-state index contributed by atoms with van der Waals surface area (Å²) in [6, 6.07) is 4.68. The zero-order valence-electron chi connectivity index (χ0n) is 9.08. The second-order valence-electron chi connectivity index (χ2n) is 3.43. The van der Waals surface area contributed by atoms with Crippen LogP contribution in [0.4, 0.5) is 0 Å². The van der Waals surface area contributed by atoms with Gasteiger partial charge in [-0.15, -0.1) is 0 Å². The topological polar surface area (TPSA) is 46.2 Å². The Morgan fingerprint density at radius 1 is 1.47 bits per heavy atom. The fourth-order valence-corrected chi connectivity index (χ4v) is 3.61. The van der Waals surface area contributed by atoms with Gasteiger partial charge in [0.15, 0.2) is 0 Å². The molecule has 0 saturated heterocycles. The zero-order valence-corrected chi connectivity index (χ0v) is 13.8. The minimum Gasteiger partial charge on any atom is -0.210 e. The molecular weight excluding hydrogens is 393 g/mol. The first-order chi connectivity index (χ1) is 7.86. The highest BCUT2D eigenvalue weighted by Crippen LogP contribution is 2.25. The monoisotopic (exact) mass is 403 g/mol. The van der Waals surface area contributed by atoms with Gasteiger partial charge in [0.05, 0.1) is 5.02 Å². The van der Waals surface area contributed by atoms with Crippen molar-refractivity contribution in [2.75, 3.05) is 6.54 Å². The molecule has 96 valence electrons. The quantitative estimate of drug-likeness (QED) is 0.762. The highest BCUT2D eigenvalue weighted by Gasteiger charge is 2.18. The van der Waals surface area contributed by atoms with Crippen LogP contribution in [0, 0.1) is 0 Å². The van der Waals surface area contributed by atoms with Gasteiger partial charge in [0.25, 0.3) is 0 Å². The van der Waals surface area contributed by atoms with Crippen LogP contribution in [0.3, 0.4) is 0 Å². The molecule has 1 atom stereocenters. The molecule has 0 spiro atoms. The first-order valence-corrected chi connectivity index (χ1v) is 8.52. The molecule has 0 saturated carbocycles. The summed E-state index contributed by atoms with van der Waals surface area (Å²) in [5.41, 5.74) is 0. The van der Waals surface area contributed by atoms with Crippen molar-refractivity contribution in [2.24, 2.45) is 0 Å². The highest BCUT2D eigenvalue weighted by atomic mass is 79.9. The molecule has 0 bridgehead atoms. The van der Waals surface area contributed by atoms with Gasteiger partial charge >= 0.3 is 0 Å². The van der Waals surface area contributed by atoms with Gasteiger partial charge in [0.2, 0.25) is 10.0 Å². The predicted molar refractivity (Wildman–Crippen MR) is 77.3 cm³/mol. The lowest BCUT2D eigenvalue weighted by Crippen LogP contribution is -2.29. The fraction of sp³-hybridized carbons (Fsp3) is 0.400. The molecule has 0 radical (unpaired) electrons. The van der Waals surface area contributed by atoms with Crippen LogP contribution >= 0.6 is 43.5 Å². The van der Waals surface area contributed by atoms with Gasteiger partial charge in [-0.05, 0) is 24.6 Å². The van der Waals surface area contributed by atoms with Crippen molar-refractivity contribution in [1.82, 2.24) is 4.72 Å². The van der Waals surface area contributed by atoms with E-state index in [0.717, 1.165) is 10.9 Å². The minimum absolute atomic E-state index is 0.0955. The van der Waals surface area contributed by atoms with E-state index >= 15 is 0 Å². The standard InChI is InChI=1S/C10H12Br2ClNO2S/c1-2-7(11)6-14-17(15,16)10-4-3-8(12)5-9(10)13/h3-5,7,14H,2,6H2,1H3. The summed E-state index contributed by atoms with van der Waals surface area (Å²) in [6.07, 6.45) is 0.844. The molecule has 3 nitrogen and oxygen atoms in total. The van der Waals surface area contributed by atoms with Crippen molar-refractivity contribution in [3.63, 3.8) is 0 Å². The van der Waals surface area contributed by atoms with Crippen LogP contribution in [-0.2, 0) is 10.0 Å². The van der Waals surface area contributed by atoms with Gasteiger partial charge in [-0.1, -0.05) is 50.4 Å². The maximum Gasteiger partial charge on any atom is 0.242 e. The maximum absolute atomic E-state index is 12.0. The van der Waals surface area contributed by atoms with Gasteiger partial charge in [-0.3, -0.25) is 0 Å². The van der Waals surface area contributed by atoms with Crippen LogP contribution in [0.25, 0.3) is 0 Å². The summed E-state index contributed by atoms with van der Waals surface area (Å²) in [6.45, 7) is 2.31. The third-order valence-electron chi connectivity index (χ3n) is 2.12. The Labute approximate surface area is 123 Å². The van der Waals surface area contributed by atoms with Crippen LogP contribution < -0.4 is 4.72 Å². The molecule has 1 unspecified atom stereocenters. The fourth-order valence-electron chi connectivity index (χ4n) is 1.12. The lowest BCUT2D eigenvalue weighted by Gasteiger charge is -2.11. The Kier molecular flexibility index (Phi) is 5.92. The van der Waals surface area contributed by atoms with E-state index in [0.29, 0.717) is 6.54 Å². The van der Waals surface area contributed by atoms with Crippen molar-refractivity contribution >= 4 is 53.5 Å². The predicted octanol–water partition coefficient (Wildman–Crippen LogP) is 3.55. The van der Waals surface area contributed by atoms with Crippen LogP contribution in [0.2, 0.25) is 5.02 Å². The Morgan fingerprint density at radius 2 is 2.12 bits per heavy atom. The van der Waals surface area contributed by atoms with Crippen molar-refractivity contribution in [2.45, 2.75) is 23.1 Å². The summed E-state index contributed by atoms with van der Waals surface area (Å²) in [4.78, 5) is 0.213. The number of halogens is 3. The van der Waals surface area contributed by atoms with E-state index in [-0.39, 0.29) is 14.7 Å². The van der Waals surface area contributed by atoms with Crippen LogP contribution in [0.1, 0.15) is 13.3 Å². The second-order valence-corrected chi connectivity index (χ2v) is 7.79. The third-order valence-corrected chi connectivity index (χ3v) is 5.49. The average Bonchev–Trinajstić information content (AvgIpc) is 2.25. The van der Waals surface area contributed by atoms with E-state index in [1.807, 2.05) is 6.92 Å². The first-order valence-electron chi connectivity index (χ1n) is 4.95. The molecule has 0 aliphatic rings. The molecule has 0 aliphatic carbocycles. The van der Waals surface area contributed by atoms with Crippen LogP contribution in [-0.4, -0.2) is 19.8 Å². The molecule has 0 fully saturated rings. The lowest BCUT2D eigenvalue weighted by molar-refractivity contribution is 0.580. The summed E-state index contributed by atoms with van der Waals surface area (Å²) in [7, 11) is -3.55. The number of rotatable bonds is 5. The Bertz CT molecular complexity index is 493. The summed E-state index contributed by atoms with van der Waals surface area (Å²) in [5.74, 6) is 0. The minimum atomic E-state index is -3.55. The van der Waals surface area contributed by atoms with E-state index in [1.54, 1.807) is 12.1 Å². The molecule has 1 N–H and O–H groups in total. The molecule has 0 heterocycles. The van der Waals surface area contributed by atoms with E-state index < -0.39 is 10.0 Å². The average molecular weight is 406 g/mol. The van der Waals surface area contributed by atoms with Gasteiger partial charge in [-0.25, -0.2) is 13.1 Å². The largest absolute Gasteiger partial charge is 0.242 e. The summed E-state index contributed by atoms with van der Waals surface area (Å²) >= 11 is 12.5. The molecule has 1 aromatic carbocycles. The molecular formula is C10H12Br2ClNO2S. The van der Waals surface area contributed by atoms with Gasteiger partial charge < -0.3 is 0 Å². The van der Waals surface area contributed by atoms with Gasteiger partial charge in [-0.2, -0.15) is 0 Å². The van der Waals surface area contributed by atoms with E-state index in [2.05, 4.69) is 36.6 Å². The van der Waals surface area contributed by atoms with Gasteiger partial charge in [0.1, 0.15) is 4.90 Å². The van der Waals surface area contributed by atoms with E-state index in [9.17, 15) is 8.42 Å². The number of sulfonamides is 1. The van der Waals surface area contributed by atoms with E-state index in [4.69, 9.17) is 11.6 Å². The second kappa shape index (κ2) is 6.52. The van der Waals surface area contributed by atoms with Gasteiger partial charge in [0, 0.05) is 15.8 Å². The first kappa shape index (κ1) is 15.4. The Balaban J connectivity index is 2.90. The van der Waals surface area contributed by atoms with Crippen molar-refractivity contribution in [3.05, 3.63) is 27.7 Å².